The summed E-state index contributed by atoms with van der Waals surface area (Å²) in [4.78, 5) is 11.8. The van der Waals surface area contributed by atoms with Crippen molar-refractivity contribution in [3.05, 3.63) is 35.4 Å². The Hall–Kier alpha value is -1.44. The van der Waals surface area contributed by atoms with E-state index in [4.69, 9.17) is 9.29 Å². The second-order valence-electron chi connectivity index (χ2n) is 4.30. The van der Waals surface area contributed by atoms with Crippen LogP contribution >= 0.6 is 0 Å². The molecule has 1 aliphatic heterocycles. The molecule has 1 unspecified atom stereocenters. The molecule has 1 heterocycles. The van der Waals surface area contributed by atoms with Gasteiger partial charge in [0.1, 0.15) is 0 Å². The van der Waals surface area contributed by atoms with Crippen LogP contribution in [0.15, 0.2) is 24.3 Å². The zero-order chi connectivity index (χ0) is 14.1. The number of hydrogen-bond donors (Lipinski definition) is 1. The highest BCUT2D eigenvalue weighted by Gasteiger charge is 2.49. The molecule has 0 saturated heterocycles. The molecular formula is C12H14O6S. The molecule has 0 amide bonds. The van der Waals surface area contributed by atoms with E-state index in [9.17, 15) is 13.2 Å². The summed E-state index contributed by atoms with van der Waals surface area (Å²) >= 11 is 0. The molecule has 1 aromatic rings. The van der Waals surface area contributed by atoms with E-state index in [-0.39, 0.29) is 12.0 Å². The van der Waals surface area contributed by atoms with Gasteiger partial charge in [0.15, 0.2) is 0 Å². The lowest BCUT2D eigenvalue weighted by atomic mass is 9.98. The molecule has 104 valence electrons. The van der Waals surface area contributed by atoms with Crippen molar-refractivity contribution in [1.29, 1.82) is 0 Å². The first-order valence-corrected chi connectivity index (χ1v) is 7.25. The van der Waals surface area contributed by atoms with Gasteiger partial charge in [-0.25, -0.2) is 4.79 Å². The van der Waals surface area contributed by atoms with Crippen molar-refractivity contribution < 1.29 is 26.7 Å². The van der Waals surface area contributed by atoms with Crippen LogP contribution in [0.4, 0.5) is 0 Å². The van der Waals surface area contributed by atoms with Gasteiger partial charge in [-0.1, -0.05) is 31.5 Å². The highest BCUT2D eigenvalue weighted by Crippen LogP contribution is 2.42. The van der Waals surface area contributed by atoms with Crippen LogP contribution < -0.4 is 0 Å². The van der Waals surface area contributed by atoms with Gasteiger partial charge in [-0.05, 0) is 12.5 Å². The molecule has 19 heavy (non-hydrogen) atoms. The fourth-order valence-electron chi connectivity index (χ4n) is 2.12. The molecule has 0 aliphatic carbocycles. The second kappa shape index (κ2) is 4.92. The highest BCUT2D eigenvalue weighted by atomic mass is 32.3. The van der Waals surface area contributed by atoms with Gasteiger partial charge in [-0.2, -0.15) is 12.6 Å². The minimum Gasteiger partial charge on any atom is -0.424 e. The normalized spacial score (nSPS) is 22.1. The molecule has 2 rings (SSSR count). The Kier molecular flexibility index (Phi) is 3.62. The predicted molar refractivity (Wildman–Crippen MR) is 65.7 cm³/mol. The molecule has 0 radical (unpaired) electrons. The summed E-state index contributed by atoms with van der Waals surface area (Å²) in [6.45, 7) is 1.91. The molecule has 1 atom stereocenters. The summed E-state index contributed by atoms with van der Waals surface area (Å²) in [5.74, 6) is -2.41. The Bertz CT molecular complexity index is 594. The zero-order valence-electron chi connectivity index (χ0n) is 10.3. The van der Waals surface area contributed by atoms with Crippen molar-refractivity contribution in [2.45, 2.75) is 32.0 Å². The van der Waals surface area contributed by atoms with E-state index < -0.39 is 22.2 Å². The van der Waals surface area contributed by atoms with Gasteiger partial charge in [-0.3, -0.25) is 4.55 Å². The molecule has 0 aromatic heterocycles. The molecule has 0 fully saturated rings. The molecule has 1 N–H and O–H groups in total. The quantitative estimate of drug-likeness (QED) is 0.658. The number of unbranched alkanes of at least 4 members (excludes halogenated alkanes) is 1. The molecule has 6 nitrogen and oxygen atoms in total. The summed E-state index contributed by atoms with van der Waals surface area (Å²) in [5.41, 5.74) is 0.577. The smallest absolute Gasteiger partial charge is 0.401 e. The molecular weight excluding hydrogens is 272 g/mol. The summed E-state index contributed by atoms with van der Waals surface area (Å²) in [6, 6.07) is 6.37. The van der Waals surface area contributed by atoms with Gasteiger partial charge in [0.25, 0.3) is 5.79 Å². The molecule has 0 spiro atoms. The number of benzene rings is 1. The van der Waals surface area contributed by atoms with Gasteiger partial charge in [0, 0.05) is 12.0 Å². The lowest BCUT2D eigenvalue weighted by Gasteiger charge is -2.26. The molecule has 7 heteroatoms. The van der Waals surface area contributed by atoms with Crippen molar-refractivity contribution in [2.24, 2.45) is 0 Å². The lowest BCUT2D eigenvalue weighted by Crippen LogP contribution is -2.32. The van der Waals surface area contributed by atoms with Gasteiger partial charge < -0.3 is 4.74 Å². The Morgan fingerprint density at radius 1 is 1.37 bits per heavy atom. The van der Waals surface area contributed by atoms with E-state index in [0.29, 0.717) is 12.0 Å². The third-order valence-corrected chi connectivity index (χ3v) is 3.39. The lowest BCUT2D eigenvalue weighted by molar-refractivity contribution is -0.148. The van der Waals surface area contributed by atoms with Crippen LogP contribution in [-0.4, -0.2) is 18.9 Å². The second-order valence-corrected chi connectivity index (χ2v) is 5.32. The van der Waals surface area contributed by atoms with Crippen molar-refractivity contribution in [2.75, 3.05) is 0 Å². The van der Waals surface area contributed by atoms with Crippen LogP contribution in [0.2, 0.25) is 0 Å². The number of rotatable bonds is 5. The number of carbonyl (C=O) groups excluding carboxylic acids is 1. The monoisotopic (exact) mass is 286 g/mol. The Morgan fingerprint density at radius 3 is 2.68 bits per heavy atom. The van der Waals surface area contributed by atoms with Crippen LogP contribution in [0.1, 0.15) is 42.1 Å². The highest BCUT2D eigenvalue weighted by molar-refractivity contribution is 7.80. The third kappa shape index (κ3) is 2.78. The molecule has 1 aromatic carbocycles. The number of cyclic esters (lactones) is 1. The van der Waals surface area contributed by atoms with Gasteiger partial charge in [0.2, 0.25) is 0 Å². The standard InChI is InChI=1S/C12H14O6S/c1-2-3-8-12(18-19(14,15)16)10-7-5-4-6-9(10)11(13)17-12/h4-7H,2-3,8H2,1H3,(H,14,15,16). The summed E-state index contributed by atoms with van der Waals surface area (Å²) < 4.78 is 40.7. The zero-order valence-corrected chi connectivity index (χ0v) is 11.1. The fourth-order valence-corrected chi connectivity index (χ4v) is 2.67. The topological polar surface area (TPSA) is 89.9 Å². The molecule has 0 saturated carbocycles. The van der Waals surface area contributed by atoms with E-state index in [1.54, 1.807) is 18.2 Å². The number of hydrogen-bond acceptors (Lipinski definition) is 5. The maximum Gasteiger partial charge on any atom is 0.401 e. The maximum absolute atomic E-state index is 11.8. The van der Waals surface area contributed by atoms with Gasteiger partial charge in [-0.15, -0.1) is 0 Å². The first-order chi connectivity index (χ1) is 8.88. The van der Waals surface area contributed by atoms with E-state index >= 15 is 0 Å². The summed E-state index contributed by atoms with van der Waals surface area (Å²) in [7, 11) is -4.74. The van der Waals surface area contributed by atoms with Crippen LogP contribution in [0.3, 0.4) is 0 Å². The number of esters is 1. The van der Waals surface area contributed by atoms with Crippen molar-refractivity contribution in [3.63, 3.8) is 0 Å². The summed E-state index contributed by atoms with van der Waals surface area (Å²) in [5, 5.41) is 0. The minimum atomic E-state index is -4.74. The van der Waals surface area contributed by atoms with Crippen LogP contribution in [0, 0.1) is 0 Å². The first-order valence-electron chi connectivity index (χ1n) is 5.89. The van der Waals surface area contributed by atoms with Crippen molar-refractivity contribution >= 4 is 16.4 Å². The molecule has 1 aliphatic rings. The van der Waals surface area contributed by atoms with Crippen molar-refractivity contribution in [3.8, 4) is 0 Å². The van der Waals surface area contributed by atoms with E-state index in [2.05, 4.69) is 4.18 Å². The Morgan fingerprint density at radius 2 is 2.05 bits per heavy atom. The van der Waals surface area contributed by atoms with Gasteiger partial charge >= 0.3 is 16.4 Å². The van der Waals surface area contributed by atoms with Crippen molar-refractivity contribution in [1.82, 2.24) is 0 Å². The van der Waals surface area contributed by atoms with Crippen LogP contribution in [-0.2, 0) is 25.1 Å². The van der Waals surface area contributed by atoms with E-state index in [1.165, 1.54) is 6.07 Å². The van der Waals surface area contributed by atoms with E-state index in [1.807, 2.05) is 6.92 Å². The average molecular weight is 286 g/mol. The minimum absolute atomic E-state index is 0.159. The SMILES string of the molecule is CCCCC1(OS(=O)(=O)O)OC(=O)c2ccccc21. The molecule has 0 bridgehead atoms. The van der Waals surface area contributed by atoms with E-state index in [0.717, 1.165) is 6.42 Å². The maximum atomic E-state index is 11.8. The number of fused-ring (bicyclic) bond motifs is 1. The summed E-state index contributed by atoms with van der Waals surface area (Å²) in [6.07, 6.45) is 1.50. The first kappa shape index (κ1) is 14.0. The number of ether oxygens (including phenoxy) is 1. The van der Waals surface area contributed by atoms with Crippen LogP contribution in [0.5, 0.6) is 0 Å². The largest absolute Gasteiger partial charge is 0.424 e. The fraction of sp³-hybridized carbons (Fsp3) is 0.417. The third-order valence-electron chi connectivity index (χ3n) is 2.91. The number of carbonyl (C=O) groups is 1. The van der Waals surface area contributed by atoms with Gasteiger partial charge in [0.05, 0.1) is 5.56 Å². The Balaban J connectivity index is 2.48. The predicted octanol–water partition coefficient (Wildman–Crippen LogP) is 2.02. The average Bonchev–Trinajstić information content (AvgIpc) is 2.59. The van der Waals surface area contributed by atoms with Crippen LogP contribution in [0.25, 0.3) is 0 Å². The Labute approximate surface area is 111 Å².